The van der Waals surface area contributed by atoms with E-state index in [0.29, 0.717) is 19.4 Å². The number of esters is 1. The Kier molecular flexibility index (Phi) is 54.6. The standard InChI is InChI=1S/C61H113NO5/c1-3-5-7-9-11-13-15-17-19-21-23-24-25-26-27-29-31-33-37-41-45-49-53-59(64)58(57-63)62-60(65)54-50-46-42-38-35-36-40-44-48-52-56-67-61(66)55-51-47-43-39-34-32-30-28-22-20-18-16-14-12-10-8-6-4-2/h14,16,20,22,36,40,49,53,58-59,63-64H,3-13,15,17-19,21,23-35,37-39,41-48,50-52,54-57H2,1-2H3,(H,62,65)/b16-14-,22-20-,40-36-,53-49+. The number of aliphatic hydroxyl groups is 2. The summed E-state index contributed by atoms with van der Waals surface area (Å²) in [6, 6.07) is -0.656. The number of allylic oxidation sites excluding steroid dienone is 7. The summed E-state index contributed by atoms with van der Waals surface area (Å²) in [6.07, 6.45) is 71.4. The van der Waals surface area contributed by atoms with E-state index in [1.165, 1.54) is 193 Å². The molecule has 0 heterocycles. The van der Waals surface area contributed by atoms with Gasteiger partial charge in [0.2, 0.25) is 5.91 Å². The highest BCUT2D eigenvalue weighted by molar-refractivity contribution is 5.76. The van der Waals surface area contributed by atoms with Gasteiger partial charge in [-0.05, 0) is 89.9 Å². The molecule has 2 unspecified atom stereocenters. The molecule has 6 nitrogen and oxygen atoms in total. The maximum atomic E-state index is 12.5. The molecule has 0 spiro atoms. The molecular formula is C61H113NO5. The smallest absolute Gasteiger partial charge is 0.305 e. The molecule has 0 aromatic heterocycles. The van der Waals surface area contributed by atoms with E-state index in [-0.39, 0.29) is 18.5 Å². The van der Waals surface area contributed by atoms with Crippen LogP contribution in [0.1, 0.15) is 303 Å². The average molecular weight is 941 g/mol. The number of hydrogen-bond donors (Lipinski definition) is 3. The van der Waals surface area contributed by atoms with Crippen LogP contribution in [0.5, 0.6) is 0 Å². The summed E-state index contributed by atoms with van der Waals surface area (Å²) < 4.78 is 5.45. The van der Waals surface area contributed by atoms with E-state index in [2.05, 4.69) is 55.6 Å². The highest BCUT2D eigenvalue weighted by Crippen LogP contribution is 2.16. The lowest BCUT2D eigenvalue weighted by Crippen LogP contribution is -2.45. The average Bonchev–Trinajstić information content (AvgIpc) is 3.33. The van der Waals surface area contributed by atoms with Crippen LogP contribution in [0.3, 0.4) is 0 Å². The molecule has 0 saturated heterocycles. The van der Waals surface area contributed by atoms with Crippen molar-refractivity contribution in [1.82, 2.24) is 5.32 Å². The summed E-state index contributed by atoms with van der Waals surface area (Å²) in [5.74, 6) is -0.149. The molecule has 0 fully saturated rings. The summed E-state index contributed by atoms with van der Waals surface area (Å²) in [5, 5.41) is 23.1. The Labute approximate surface area is 416 Å². The Morgan fingerprint density at radius 2 is 0.746 bits per heavy atom. The molecule has 2 atom stereocenters. The molecule has 1 amide bonds. The van der Waals surface area contributed by atoms with Crippen molar-refractivity contribution in [3.05, 3.63) is 48.6 Å². The van der Waals surface area contributed by atoms with Gasteiger partial charge in [0.05, 0.1) is 25.4 Å². The summed E-state index contributed by atoms with van der Waals surface area (Å²) in [5.41, 5.74) is 0. The van der Waals surface area contributed by atoms with E-state index in [0.717, 1.165) is 83.5 Å². The second kappa shape index (κ2) is 56.4. The molecular weight excluding hydrogens is 827 g/mol. The molecule has 0 aliphatic rings. The third-order valence-electron chi connectivity index (χ3n) is 13.3. The van der Waals surface area contributed by atoms with Crippen LogP contribution in [-0.2, 0) is 14.3 Å². The van der Waals surface area contributed by atoms with Crippen LogP contribution in [-0.4, -0.2) is 47.4 Å². The Morgan fingerprint density at radius 3 is 1.16 bits per heavy atom. The molecule has 3 N–H and O–H groups in total. The third kappa shape index (κ3) is 53.0. The minimum Gasteiger partial charge on any atom is -0.466 e. The van der Waals surface area contributed by atoms with Crippen molar-refractivity contribution >= 4 is 11.9 Å². The zero-order valence-corrected chi connectivity index (χ0v) is 44.6. The quantitative estimate of drug-likeness (QED) is 0.0321. The normalized spacial score (nSPS) is 13.0. The fraction of sp³-hybridized carbons (Fsp3) is 0.836. The molecule has 0 aromatic rings. The van der Waals surface area contributed by atoms with E-state index in [1.807, 2.05) is 6.08 Å². The first-order chi connectivity index (χ1) is 33.0. The van der Waals surface area contributed by atoms with Crippen molar-refractivity contribution in [3.8, 4) is 0 Å². The molecule has 67 heavy (non-hydrogen) atoms. The maximum absolute atomic E-state index is 12.5. The number of amides is 1. The Morgan fingerprint density at radius 1 is 0.418 bits per heavy atom. The molecule has 392 valence electrons. The van der Waals surface area contributed by atoms with Crippen LogP contribution in [0.25, 0.3) is 0 Å². The zero-order chi connectivity index (χ0) is 48.6. The van der Waals surface area contributed by atoms with Gasteiger partial charge in [0.15, 0.2) is 0 Å². The predicted molar refractivity (Wildman–Crippen MR) is 292 cm³/mol. The summed E-state index contributed by atoms with van der Waals surface area (Å²) in [7, 11) is 0. The van der Waals surface area contributed by atoms with Gasteiger partial charge >= 0.3 is 5.97 Å². The topological polar surface area (TPSA) is 95.9 Å². The lowest BCUT2D eigenvalue weighted by molar-refractivity contribution is -0.143. The van der Waals surface area contributed by atoms with Gasteiger partial charge in [-0.2, -0.15) is 0 Å². The van der Waals surface area contributed by atoms with Crippen molar-refractivity contribution in [3.63, 3.8) is 0 Å². The number of rotatable bonds is 54. The van der Waals surface area contributed by atoms with Crippen LogP contribution in [0.2, 0.25) is 0 Å². The van der Waals surface area contributed by atoms with Gasteiger partial charge in [-0.1, -0.05) is 249 Å². The van der Waals surface area contributed by atoms with Crippen molar-refractivity contribution in [2.45, 2.75) is 315 Å². The molecule has 0 saturated carbocycles. The van der Waals surface area contributed by atoms with E-state index >= 15 is 0 Å². The minimum atomic E-state index is -0.869. The van der Waals surface area contributed by atoms with Gasteiger partial charge in [0, 0.05) is 12.8 Å². The minimum absolute atomic E-state index is 0.0457. The number of carbonyl (C=O) groups is 2. The van der Waals surface area contributed by atoms with Crippen LogP contribution in [0.4, 0.5) is 0 Å². The number of aliphatic hydroxyl groups excluding tert-OH is 2. The highest BCUT2D eigenvalue weighted by Gasteiger charge is 2.18. The number of ether oxygens (including phenoxy) is 1. The predicted octanol–water partition coefficient (Wildman–Crippen LogP) is 18.2. The number of unbranched alkanes of at least 4 members (excludes halogenated alkanes) is 37. The van der Waals surface area contributed by atoms with Gasteiger partial charge in [0.25, 0.3) is 0 Å². The lowest BCUT2D eigenvalue weighted by atomic mass is 10.0. The van der Waals surface area contributed by atoms with Crippen LogP contribution in [0.15, 0.2) is 48.6 Å². The second-order valence-electron chi connectivity index (χ2n) is 20.0. The van der Waals surface area contributed by atoms with Crippen LogP contribution >= 0.6 is 0 Å². The summed E-state index contributed by atoms with van der Waals surface area (Å²) in [4.78, 5) is 24.5. The zero-order valence-electron chi connectivity index (χ0n) is 44.6. The van der Waals surface area contributed by atoms with Gasteiger partial charge in [-0.25, -0.2) is 0 Å². The first-order valence-electron chi connectivity index (χ1n) is 29.4. The van der Waals surface area contributed by atoms with E-state index < -0.39 is 12.1 Å². The lowest BCUT2D eigenvalue weighted by Gasteiger charge is -2.20. The van der Waals surface area contributed by atoms with Crippen LogP contribution in [0, 0.1) is 0 Å². The Bertz CT molecular complexity index is 1130. The van der Waals surface area contributed by atoms with Gasteiger partial charge < -0.3 is 20.3 Å². The van der Waals surface area contributed by atoms with E-state index in [4.69, 9.17) is 4.74 Å². The van der Waals surface area contributed by atoms with Gasteiger partial charge in [-0.3, -0.25) is 9.59 Å². The van der Waals surface area contributed by atoms with Crippen LogP contribution < -0.4 is 5.32 Å². The van der Waals surface area contributed by atoms with Gasteiger partial charge in [0.1, 0.15) is 0 Å². The van der Waals surface area contributed by atoms with E-state index in [9.17, 15) is 19.8 Å². The van der Waals surface area contributed by atoms with E-state index in [1.54, 1.807) is 6.08 Å². The van der Waals surface area contributed by atoms with Gasteiger partial charge in [-0.15, -0.1) is 0 Å². The van der Waals surface area contributed by atoms with Crippen molar-refractivity contribution in [1.29, 1.82) is 0 Å². The summed E-state index contributed by atoms with van der Waals surface area (Å²) in [6.45, 7) is 4.80. The first-order valence-corrected chi connectivity index (χ1v) is 29.4. The first kappa shape index (κ1) is 64.8. The fourth-order valence-electron chi connectivity index (χ4n) is 8.78. The number of hydrogen-bond acceptors (Lipinski definition) is 5. The molecule has 0 radical (unpaired) electrons. The van der Waals surface area contributed by atoms with Crippen molar-refractivity contribution in [2.75, 3.05) is 13.2 Å². The Hall–Kier alpha value is -2.18. The SMILES string of the molecule is CCCCCC/C=C\C/C=C\CCCCCCCCCC(=O)OCCCC/C=C\CCCCCCC(=O)NC(CO)C(O)/C=C/CCCCCCCCCCCCCCCCCCCCCC. The highest BCUT2D eigenvalue weighted by atomic mass is 16.5. The number of nitrogens with one attached hydrogen (secondary N) is 1. The molecule has 0 aliphatic heterocycles. The largest absolute Gasteiger partial charge is 0.466 e. The molecule has 6 heteroatoms. The number of carbonyl (C=O) groups excluding carboxylic acids is 2. The monoisotopic (exact) mass is 940 g/mol. The maximum Gasteiger partial charge on any atom is 0.305 e. The third-order valence-corrected chi connectivity index (χ3v) is 13.3. The molecule has 0 rings (SSSR count). The summed E-state index contributed by atoms with van der Waals surface area (Å²) >= 11 is 0. The Balaban J connectivity index is 3.55. The fourth-order valence-corrected chi connectivity index (χ4v) is 8.78. The molecule has 0 bridgehead atoms. The van der Waals surface area contributed by atoms with Crippen molar-refractivity contribution in [2.24, 2.45) is 0 Å². The molecule has 0 aliphatic carbocycles. The molecule has 0 aromatic carbocycles. The second-order valence-corrected chi connectivity index (χ2v) is 20.0. The van der Waals surface area contributed by atoms with Crippen molar-refractivity contribution < 1.29 is 24.5 Å².